The summed E-state index contributed by atoms with van der Waals surface area (Å²) in [6.45, 7) is 8.46. The molecule has 1 aliphatic heterocycles. The Morgan fingerprint density at radius 2 is 2.16 bits per heavy atom. The highest BCUT2D eigenvalue weighted by atomic mass is 16.3. The Morgan fingerprint density at radius 1 is 1.53 bits per heavy atom. The second kappa shape index (κ2) is 6.57. The number of carbonyl (C=O) groups excluding carboxylic acids is 1. The van der Waals surface area contributed by atoms with Crippen LogP contribution in [-0.4, -0.2) is 66.8 Å². The van der Waals surface area contributed by atoms with Crippen LogP contribution in [0.5, 0.6) is 0 Å². The first-order valence-corrected chi connectivity index (χ1v) is 7.10. The average molecular weight is 271 g/mol. The Bertz CT molecular complexity index is 305. The van der Waals surface area contributed by atoms with Crippen molar-refractivity contribution < 1.29 is 9.90 Å². The minimum Gasteiger partial charge on any atom is -0.391 e. The van der Waals surface area contributed by atoms with E-state index in [1.54, 1.807) is 4.90 Å². The lowest BCUT2D eigenvalue weighted by Gasteiger charge is -2.37. The van der Waals surface area contributed by atoms with Crippen LogP contribution in [0, 0.1) is 5.41 Å². The van der Waals surface area contributed by atoms with E-state index in [2.05, 4.69) is 24.1 Å². The molecule has 19 heavy (non-hydrogen) atoms. The van der Waals surface area contributed by atoms with Gasteiger partial charge in [0.2, 0.25) is 0 Å². The first-order valence-electron chi connectivity index (χ1n) is 7.10. The molecule has 0 saturated carbocycles. The second-order valence-corrected chi connectivity index (χ2v) is 6.64. The van der Waals surface area contributed by atoms with Crippen molar-refractivity contribution in [2.75, 3.05) is 33.7 Å². The van der Waals surface area contributed by atoms with Gasteiger partial charge in [0.15, 0.2) is 0 Å². The Hall–Kier alpha value is -0.810. The van der Waals surface area contributed by atoms with Crippen LogP contribution in [0.4, 0.5) is 4.79 Å². The highest BCUT2D eigenvalue weighted by molar-refractivity contribution is 5.74. The van der Waals surface area contributed by atoms with E-state index >= 15 is 0 Å². The van der Waals surface area contributed by atoms with Crippen molar-refractivity contribution in [2.45, 2.75) is 45.8 Å². The number of nitrogens with zero attached hydrogens (tertiary/aromatic N) is 2. The SMILES string of the molecule is C[C@H](NC(=O)N1CCC[C@H](O)C1)C(C)(C)CN(C)C. The van der Waals surface area contributed by atoms with Gasteiger partial charge in [0.25, 0.3) is 0 Å². The molecule has 0 unspecified atom stereocenters. The summed E-state index contributed by atoms with van der Waals surface area (Å²) in [5.74, 6) is 0. The van der Waals surface area contributed by atoms with E-state index in [0.29, 0.717) is 6.54 Å². The van der Waals surface area contributed by atoms with Gasteiger partial charge in [-0.1, -0.05) is 13.8 Å². The second-order valence-electron chi connectivity index (χ2n) is 6.64. The molecule has 0 aromatic heterocycles. The first kappa shape index (κ1) is 16.2. The molecular weight excluding hydrogens is 242 g/mol. The molecule has 0 aliphatic carbocycles. The minimum atomic E-state index is -0.371. The van der Waals surface area contributed by atoms with Crippen molar-refractivity contribution >= 4 is 6.03 Å². The van der Waals surface area contributed by atoms with Gasteiger partial charge in [-0.2, -0.15) is 0 Å². The first-order chi connectivity index (χ1) is 8.72. The Labute approximate surface area is 117 Å². The van der Waals surface area contributed by atoms with Gasteiger partial charge in [-0.25, -0.2) is 4.79 Å². The van der Waals surface area contributed by atoms with Gasteiger partial charge in [0, 0.05) is 25.7 Å². The fourth-order valence-corrected chi connectivity index (χ4v) is 2.56. The van der Waals surface area contributed by atoms with Gasteiger partial charge in [-0.3, -0.25) is 0 Å². The van der Waals surface area contributed by atoms with E-state index in [1.165, 1.54) is 0 Å². The van der Waals surface area contributed by atoms with Crippen LogP contribution >= 0.6 is 0 Å². The minimum absolute atomic E-state index is 0.00750. The standard InChI is InChI=1S/C14H29N3O2/c1-11(14(2,3)10-16(4)5)15-13(19)17-8-6-7-12(18)9-17/h11-12,18H,6-10H2,1-5H3,(H,15,19)/t11-,12-/m0/s1. The highest BCUT2D eigenvalue weighted by Crippen LogP contribution is 2.21. The number of hydrogen-bond acceptors (Lipinski definition) is 3. The highest BCUT2D eigenvalue weighted by Gasteiger charge is 2.30. The van der Waals surface area contributed by atoms with Crippen LogP contribution < -0.4 is 5.32 Å². The predicted octanol–water partition coefficient (Wildman–Crippen LogP) is 1.13. The molecule has 1 saturated heterocycles. The van der Waals surface area contributed by atoms with Crippen molar-refractivity contribution in [3.8, 4) is 0 Å². The molecule has 1 fully saturated rings. The topological polar surface area (TPSA) is 55.8 Å². The number of hydrogen-bond donors (Lipinski definition) is 2. The number of aliphatic hydroxyl groups is 1. The quantitative estimate of drug-likeness (QED) is 0.806. The number of aliphatic hydroxyl groups excluding tert-OH is 1. The Kier molecular flexibility index (Phi) is 5.62. The molecule has 112 valence electrons. The summed E-state index contributed by atoms with van der Waals surface area (Å²) in [7, 11) is 4.08. The maximum atomic E-state index is 12.2. The van der Waals surface area contributed by atoms with Gasteiger partial charge in [0.05, 0.1) is 6.10 Å². The van der Waals surface area contributed by atoms with Gasteiger partial charge in [-0.15, -0.1) is 0 Å². The summed E-state index contributed by atoms with van der Waals surface area (Å²) in [6.07, 6.45) is 1.31. The fourth-order valence-electron chi connectivity index (χ4n) is 2.56. The number of piperidine rings is 1. The summed E-state index contributed by atoms with van der Waals surface area (Å²) in [6, 6.07) is 0.0274. The van der Waals surface area contributed by atoms with Crippen molar-refractivity contribution in [3.63, 3.8) is 0 Å². The van der Waals surface area contributed by atoms with Gasteiger partial charge < -0.3 is 20.2 Å². The van der Waals surface area contributed by atoms with E-state index < -0.39 is 0 Å². The lowest BCUT2D eigenvalue weighted by atomic mass is 9.85. The molecule has 0 spiro atoms. The number of rotatable bonds is 4. The average Bonchev–Trinajstić information content (AvgIpc) is 2.27. The van der Waals surface area contributed by atoms with Crippen LogP contribution in [-0.2, 0) is 0 Å². The van der Waals surface area contributed by atoms with Gasteiger partial charge >= 0.3 is 6.03 Å². The molecule has 2 N–H and O–H groups in total. The van der Waals surface area contributed by atoms with Crippen LogP contribution in [0.1, 0.15) is 33.6 Å². The molecule has 1 rings (SSSR count). The van der Waals surface area contributed by atoms with Crippen LogP contribution in [0.25, 0.3) is 0 Å². The molecule has 5 nitrogen and oxygen atoms in total. The maximum Gasteiger partial charge on any atom is 0.317 e. The molecule has 0 aromatic rings. The molecule has 1 heterocycles. The smallest absolute Gasteiger partial charge is 0.317 e. The van der Waals surface area contributed by atoms with Crippen molar-refractivity contribution in [3.05, 3.63) is 0 Å². The van der Waals surface area contributed by atoms with Crippen molar-refractivity contribution in [1.29, 1.82) is 0 Å². The number of carbonyl (C=O) groups is 1. The number of urea groups is 1. The van der Waals surface area contributed by atoms with Crippen molar-refractivity contribution in [1.82, 2.24) is 15.1 Å². The van der Waals surface area contributed by atoms with Crippen LogP contribution in [0.2, 0.25) is 0 Å². The van der Waals surface area contributed by atoms with Gasteiger partial charge in [0.1, 0.15) is 0 Å². The molecule has 5 heteroatoms. The number of β-amino-alcohol motifs (C(OH)–C–C–N with tert-alkyl or cyclic N) is 1. The molecule has 2 amide bonds. The van der Waals surface area contributed by atoms with E-state index in [0.717, 1.165) is 25.9 Å². The molecular formula is C14H29N3O2. The van der Waals surface area contributed by atoms with E-state index in [1.807, 2.05) is 21.0 Å². The maximum absolute atomic E-state index is 12.2. The van der Waals surface area contributed by atoms with E-state index in [4.69, 9.17) is 0 Å². The number of amides is 2. The van der Waals surface area contributed by atoms with Crippen LogP contribution in [0.15, 0.2) is 0 Å². The van der Waals surface area contributed by atoms with E-state index in [-0.39, 0.29) is 23.6 Å². The fraction of sp³-hybridized carbons (Fsp3) is 0.929. The van der Waals surface area contributed by atoms with Crippen molar-refractivity contribution in [2.24, 2.45) is 5.41 Å². The Balaban J connectivity index is 2.51. The van der Waals surface area contributed by atoms with E-state index in [9.17, 15) is 9.90 Å². The number of likely N-dealkylation sites (tertiary alicyclic amines) is 1. The van der Waals surface area contributed by atoms with Gasteiger partial charge in [-0.05, 0) is 39.3 Å². The molecule has 0 aromatic carbocycles. The summed E-state index contributed by atoms with van der Waals surface area (Å²) in [4.78, 5) is 16.0. The number of nitrogens with one attached hydrogen (secondary N) is 1. The molecule has 2 atom stereocenters. The summed E-state index contributed by atoms with van der Waals surface area (Å²) < 4.78 is 0. The van der Waals surface area contributed by atoms with Crippen LogP contribution in [0.3, 0.4) is 0 Å². The third-order valence-electron chi connectivity index (χ3n) is 3.92. The zero-order valence-electron chi connectivity index (χ0n) is 12.9. The largest absolute Gasteiger partial charge is 0.391 e. The summed E-state index contributed by atoms with van der Waals surface area (Å²) >= 11 is 0. The Morgan fingerprint density at radius 3 is 2.68 bits per heavy atom. The monoisotopic (exact) mass is 271 g/mol. The zero-order chi connectivity index (χ0) is 14.6. The third kappa shape index (κ3) is 4.99. The predicted molar refractivity (Wildman–Crippen MR) is 77.1 cm³/mol. The zero-order valence-corrected chi connectivity index (χ0v) is 12.9. The summed E-state index contributed by atoms with van der Waals surface area (Å²) in [5, 5.41) is 12.7. The lowest BCUT2D eigenvalue weighted by Crippen LogP contribution is -2.53. The molecule has 0 radical (unpaired) electrons. The third-order valence-corrected chi connectivity index (χ3v) is 3.92. The normalized spacial score (nSPS) is 22.5. The molecule has 1 aliphatic rings. The summed E-state index contributed by atoms with van der Waals surface area (Å²) in [5.41, 5.74) is 0.00750. The lowest BCUT2D eigenvalue weighted by molar-refractivity contribution is 0.0804. The molecule has 0 bridgehead atoms.